The Labute approximate surface area is 246 Å². The molecule has 1 aromatic heterocycles. The Hall–Kier alpha value is -4.31. The van der Waals surface area contributed by atoms with E-state index >= 15 is 0 Å². The molecule has 10 heteroatoms. The van der Waals surface area contributed by atoms with E-state index in [1.54, 1.807) is 36.6 Å². The summed E-state index contributed by atoms with van der Waals surface area (Å²) in [7, 11) is 0. The van der Waals surface area contributed by atoms with Crippen molar-refractivity contribution >= 4 is 38.7 Å². The maximum Gasteiger partial charge on any atom is 0.282 e. The summed E-state index contributed by atoms with van der Waals surface area (Å²) in [5, 5.41) is 16.2. The number of ether oxygens (including phenoxy) is 2. The van der Waals surface area contributed by atoms with Gasteiger partial charge in [-0.3, -0.25) is 14.9 Å². The Morgan fingerprint density at radius 1 is 1.15 bits per heavy atom. The van der Waals surface area contributed by atoms with E-state index in [-0.39, 0.29) is 17.9 Å². The first-order chi connectivity index (χ1) is 19.5. The number of halogens is 1. The Morgan fingerprint density at radius 3 is 2.61 bits per heavy atom. The molecule has 4 rings (SSSR count). The van der Waals surface area contributed by atoms with Crippen LogP contribution in [0.1, 0.15) is 50.2 Å². The number of nitrogens with zero attached hydrogens (tertiary/aromatic N) is 4. The summed E-state index contributed by atoms with van der Waals surface area (Å²) in [5.41, 5.74) is 2.01. The molecule has 0 fully saturated rings. The molecule has 0 unspecified atom stereocenters. The van der Waals surface area contributed by atoms with Gasteiger partial charge in [0.25, 0.3) is 11.2 Å². The molecule has 0 aliphatic heterocycles. The molecule has 0 aliphatic carbocycles. The minimum atomic E-state index is -0.452. The van der Waals surface area contributed by atoms with Crippen molar-refractivity contribution in [3.63, 3.8) is 0 Å². The van der Waals surface area contributed by atoms with Crippen molar-refractivity contribution in [1.29, 1.82) is 0 Å². The van der Waals surface area contributed by atoms with Gasteiger partial charge in [-0.2, -0.15) is 9.78 Å². The topological polar surface area (TPSA) is 109 Å². The molecule has 0 aliphatic rings. The first-order valence-corrected chi connectivity index (χ1v) is 13.8. The van der Waals surface area contributed by atoms with Crippen LogP contribution in [0.5, 0.6) is 11.5 Å². The lowest BCUT2D eigenvalue weighted by Gasteiger charge is -2.21. The molecule has 0 amide bonds. The molecule has 0 saturated carbocycles. The van der Waals surface area contributed by atoms with E-state index in [0.717, 1.165) is 10.0 Å². The van der Waals surface area contributed by atoms with Crippen LogP contribution in [0.15, 0.2) is 81.6 Å². The molecule has 9 nitrogen and oxygen atoms in total. The lowest BCUT2D eigenvalue weighted by molar-refractivity contribution is -0.384. The predicted octanol–water partition coefficient (Wildman–Crippen LogP) is 6.95. The van der Waals surface area contributed by atoms with Crippen LogP contribution in [0.2, 0.25) is 0 Å². The van der Waals surface area contributed by atoms with Gasteiger partial charge in [0, 0.05) is 27.6 Å². The van der Waals surface area contributed by atoms with Gasteiger partial charge in [0.05, 0.1) is 28.6 Å². The Kier molecular flexibility index (Phi) is 9.02. The SMILES string of the molecule is C=CCc1cc(C=Nn2c(C(C)(C)C)nc3ccc(Br)cc3c2=O)cc(OCC)c1OCc1cccc([N+](=O)[O-])c1. The van der Waals surface area contributed by atoms with Crippen molar-refractivity contribution < 1.29 is 14.4 Å². The first-order valence-electron chi connectivity index (χ1n) is 13.1. The predicted molar refractivity (Wildman–Crippen MR) is 164 cm³/mol. The van der Waals surface area contributed by atoms with Crippen molar-refractivity contribution in [2.75, 3.05) is 6.61 Å². The van der Waals surface area contributed by atoms with E-state index in [0.29, 0.717) is 52.4 Å². The molecule has 3 aromatic carbocycles. The van der Waals surface area contributed by atoms with Gasteiger partial charge in [0.1, 0.15) is 12.4 Å². The minimum absolute atomic E-state index is 0.00517. The summed E-state index contributed by atoms with van der Waals surface area (Å²) >= 11 is 3.44. The molecule has 0 spiro atoms. The lowest BCUT2D eigenvalue weighted by Crippen LogP contribution is -2.29. The summed E-state index contributed by atoms with van der Waals surface area (Å²) in [6.07, 6.45) is 3.83. The number of benzene rings is 3. The van der Waals surface area contributed by atoms with Gasteiger partial charge >= 0.3 is 0 Å². The summed E-state index contributed by atoms with van der Waals surface area (Å²) < 4.78 is 14.2. The quantitative estimate of drug-likeness (QED) is 0.0823. The summed E-state index contributed by atoms with van der Waals surface area (Å²) in [6.45, 7) is 12.2. The third-order valence-corrected chi connectivity index (χ3v) is 6.62. The van der Waals surface area contributed by atoms with E-state index in [9.17, 15) is 14.9 Å². The average Bonchev–Trinajstić information content (AvgIpc) is 2.92. The van der Waals surface area contributed by atoms with Crippen LogP contribution in [0, 0.1) is 10.1 Å². The van der Waals surface area contributed by atoms with Crippen molar-refractivity contribution in [3.05, 3.63) is 115 Å². The molecule has 0 saturated heterocycles. The highest BCUT2D eigenvalue weighted by molar-refractivity contribution is 9.10. The molecular weight excluding hydrogens is 588 g/mol. The van der Waals surface area contributed by atoms with E-state index in [2.05, 4.69) is 27.6 Å². The van der Waals surface area contributed by atoms with Gasteiger partial charge in [-0.15, -0.1) is 6.58 Å². The molecule has 0 bridgehead atoms. The largest absolute Gasteiger partial charge is 0.490 e. The summed E-state index contributed by atoms with van der Waals surface area (Å²) in [4.78, 5) is 29.0. The molecule has 1 heterocycles. The van der Waals surface area contributed by atoms with Gasteiger partial charge in [0.15, 0.2) is 11.5 Å². The maximum atomic E-state index is 13.5. The zero-order chi connectivity index (χ0) is 29.7. The smallest absolute Gasteiger partial charge is 0.282 e. The van der Waals surface area contributed by atoms with Crippen LogP contribution in [-0.2, 0) is 18.4 Å². The number of allylic oxidation sites excluding steroid dienone is 1. The van der Waals surface area contributed by atoms with E-state index < -0.39 is 10.3 Å². The van der Waals surface area contributed by atoms with Crippen LogP contribution in [0.4, 0.5) is 5.69 Å². The molecule has 4 aromatic rings. The standard InChI is InChI=1S/C31H31BrN4O5/c1-6-9-22-14-21(16-27(40-7-2)28(22)41-19-20-10-8-11-24(15-20)36(38)39)18-33-35-29(37)25-17-23(32)12-13-26(25)34-30(35)31(3,4)5/h6,8,10-18H,1,7,9,19H2,2-5H3. The number of aromatic nitrogens is 2. The fourth-order valence-electron chi connectivity index (χ4n) is 4.27. The molecule has 0 atom stereocenters. The maximum absolute atomic E-state index is 13.5. The van der Waals surface area contributed by atoms with E-state index in [1.807, 2.05) is 45.9 Å². The number of non-ortho nitro benzene ring substituents is 1. The van der Waals surface area contributed by atoms with Crippen LogP contribution in [0.25, 0.3) is 10.9 Å². The van der Waals surface area contributed by atoms with Crippen LogP contribution < -0.4 is 15.0 Å². The van der Waals surface area contributed by atoms with Crippen molar-refractivity contribution in [2.24, 2.45) is 5.10 Å². The normalized spacial score (nSPS) is 11.6. The summed E-state index contributed by atoms with van der Waals surface area (Å²) in [6, 6.07) is 15.4. The number of hydrogen-bond donors (Lipinski definition) is 0. The first kappa shape index (κ1) is 29.7. The number of hydrogen-bond acceptors (Lipinski definition) is 7. The highest BCUT2D eigenvalue weighted by atomic mass is 79.9. The Bertz CT molecular complexity index is 1710. The van der Waals surface area contributed by atoms with Crippen LogP contribution in [-0.4, -0.2) is 27.4 Å². The number of nitro benzene ring substituents is 1. The van der Waals surface area contributed by atoms with Gasteiger partial charge in [-0.1, -0.05) is 54.9 Å². The van der Waals surface area contributed by atoms with Crippen molar-refractivity contribution in [3.8, 4) is 11.5 Å². The zero-order valence-corrected chi connectivity index (χ0v) is 25.0. The third-order valence-electron chi connectivity index (χ3n) is 6.12. The van der Waals surface area contributed by atoms with E-state index in [4.69, 9.17) is 14.5 Å². The van der Waals surface area contributed by atoms with Crippen LogP contribution in [0.3, 0.4) is 0 Å². The Balaban J connectivity index is 1.77. The van der Waals surface area contributed by atoms with Crippen LogP contribution >= 0.6 is 15.9 Å². The third kappa shape index (κ3) is 6.89. The molecular formula is C31H31BrN4O5. The lowest BCUT2D eigenvalue weighted by atomic mass is 9.95. The number of nitro groups is 1. The number of rotatable bonds is 10. The number of fused-ring (bicyclic) bond motifs is 1. The van der Waals surface area contributed by atoms with Gasteiger partial charge in [-0.05, 0) is 54.8 Å². The van der Waals surface area contributed by atoms with Crippen molar-refractivity contribution in [1.82, 2.24) is 9.66 Å². The second kappa shape index (κ2) is 12.5. The molecule has 212 valence electrons. The van der Waals surface area contributed by atoms with Gasteiger partial charge in [0.2, 0.25) is 0 Å². The fraction of sp³-hybridized carbons (Fsp3) is 0.258. The molecule has 41 heavy (non-hydrogen) atoms. The van der Waals surface area contributed by atoms with Gasteiger partial charge in [-0.25, -0.2) is 4.98 Å². The fourth-order valence-corrected chi connectivity index (χ4v) is 4.63. The average molecular weight is 620 g/mol. The van der Waals surface area contributed by atoms with Gasteiger partial charge < -0.3 is 9.47 Å². The highest BCUT2D eigenvalue weighted by Gasteiger charge is 2.23. The second-order valence-corrected chi connectivity index (χ2v) is 11.3. The zero-order valence-electron chi connectivity index (χ0n) is 23.4. The monoisotopic (exact) mass is 618 g/mol. The minimum Gasteiger partial charge on any atom is -0.490 e. The van der Waals surface area contributed by atoms with Crippen molar-refractivity contribution in [2.45, 2.75) is 46.1 Å². The van der Waals surface area contributed by atoms with E-state index in [1.165, 1.54) is 16.8 Å². The summed E-state index contributed by atoms with van der Waals surface area (Å²) in [5.74, 6) is 1.53. The molecule has 0 radical (unpaired) electrons. The second-order valence-electron chi connectivity index (χ2n) is 10.4. The highest BCUT2D eigenvalue weighted by Crippen LogP contribution is 2.34. The molecule has 0 N–H and O–H groups in total. The Morgan fingerprint density at radius 2 is 1.93 bits per heavy atom.